The Bertz CT molecular complexity index is 620. The standard InChI is InChI=1S/C17H16N2O2/c20-17(10-9-14-6-2-1-3-7-14)19-12-15(13-19)21-16-8-4-5-11-18-16/h1-11,15H,12-13H2/b10-9+. The van der Waals surface area contributed by atoms with Gasteiger partial charge in [-0.15, -0.1) is 0 Å². The molecule has 0 bridgehead atoms. The van der Waals surface area contributed by atoms with Gasteiger partial charge in [0.25, 0.3) is 0 Å². The van der Waals surface area contributed by atoms with Crippen molar-refractivity contribution in [3.63, 3.8) is 0 Å². The summed E-state index contributed by atoms with van der Waals surface area (Å²) in [7, 11) is 0. The highest BCUT2D eigenvalue weighted by Gasteiger charge is 2.31. The minimum absolute atomic E-state index is 0.0136. The first-order valence-corrected chi connectivity index (χ1v) is 6.91. The lowest BCUT2D eigenvalue weighted by Crippen LogP contribution is -2.55. The van der Waals surface area contributed by atoms with Gasteiger partial charge in [-0.05, 0) is 17.7 Å². The molecular formula is C17H16N2O2. The Labute approximate surface area is 123 Å². The highest BCUT2D eigenvalue weighted by molar-refractivity contribution is 5.92. The Kier molecular flexibility index (Phi) is 3.96. The van der Waals surface area contributed by atoms with Gasteiger partial charge in [-0.3, -0.25) is 4.79 Å². The van der Waals surface area contributed by atoms with E-state index in [-0.39, 0.29) is 12.0 Å². The molecule has 4 heteroatoms. The molecule has 1 saturated heterocycles. The zero-order valence-electron chi connectivity index (χ0n) is 11.6. The van der Waals surface area contributed by atoms with Gasteiger partial charge in [0.05, 0.1) is 13.1 Å². The van der Waals surface area contributed by atoms with E-state index in [1.165, 1.54) is 0 Å². The molecule has 2 aromatic rings. The summed E-state index contributed by atoms with van der Waals surface area (Å²) in [6.07, 6.45) is 5.16. The summed E-state index contributed by atoms with van der Waals surface area (Å²) in [4.78, 5) is 17.8. The predicted octanol–water partition coefficient (Wildman–Crippen LogP) is 2.38. The van der Waals surface area contributed by atoms with E-state index >= 15 is 0 Å². The monoisotopic (exact) mass is 280 g/mol. The van der Waals surface area contributed by atoms with Crippen molar-refractivity contribution in [2.24, 2.45) is 0 Å². The van der Waals surface area contributed by atoms with Crippen molar-refractivity contribution < 1.29 is 9.53 Å². The van der Waals surface area contributed by atoms with Crippen molar-refractivity contribution in [2.75, 3.05) is 13.1 Å². The van der Waals surface area contributed by atoms with Crippen LogP contribution in [0.15, 0.2) is 60.8 Å². The van der Waals surface area contributed by atoms with Crippen molar-refractivity contribution >= 4 is 12.0 Å². The number of ether oxygens (including phenoxy) is 1. The maximum atomic E-state index is 12.0. The summed E-state index contributed by atoms with van der Waals surface area (Å²) in [6.45, 7) is 1.21. The Hall–Kier alpha value is -2.62. The number of hydrogen-bond acceptors (Lipinski definition) is 3. The van der Waals surface area contributed by atoms with Crippen molar-refractivity contribution in [3.05, 3.63) is 66.4 Å². The molecule has 1 aromatic heterocycles. The van der Waals surface area contributed by atoms with Gasteiger partial charge in [-0.25, -0.2) is 4.98 Å². The van der Waals surface area contributed by atoms with Crippen molar-refractivity contribution in [3.8, 4) is 5.88 Å². The molecule has 21 heavy (non-hydrogen) atoms. The first-order chi connectivity index (χ1) is 10.3. The van der Waals surface area contributed by atoms with Crippen molar-refractivity contribution in [1.29, 1.82) is 0 Å². The predicted molar refractivity (Wildman–Crippen MR) is 80.7 cm³/mol. The molecule has 0 N–H and O–H groups in total. The summed E-state index contributed by atoms with van der Waals surface area (Å²) < 4.78 is 5.66. The summed E-state index contributed by atoms with van der Waals surface area (Å²) in [5.74, 6) is 0.620. The van der Waals surface area contributed by atoms with Crippen molar-refractivity contribution in [2.45, 2.75) is 6.10 Å². The van der Waals surface area contributed by atoms with Crippen LogP contribution in [0.5, 0.6) is 5.88 Å². The van der Waals surface area contributed by atoms with Crippen LogP contribution in [0.3, 0.4) is 0 Å². The Morgan fingerprint density at radius 1 is 1.14 bits per heavy atom. The number of amides is 1. The fraction of sp³-hybridized carbons (Fsp3) is 0.176. The molecule has 3 rings (SSSR count). The number of nitrogens with zero attached hydrogens (tertiary/aromatic N) is 2. The number of rotatable bonds is 4. The van der Waals surface area contributed by atoms with Crippen molar-refractivity contribution in [1.82, 2.24) is 9.88 Å². The van der Waals surface area contributed by atoms with Gasteiger partial charge in [-0.2, -0.15) is 0 Å². The molecule has 1 fully saturated rings. The van der Waals surface area contributed by atoms with Crippen LogP contribution < -0.4 is 4.74 Å². The molecule has 106 valence electrons. The second-order valence-electron chi connectivity index (χ2n) is 4.90. The van der Waals surface area contributed by atoms with Crippen LogP contribution in [0.25, 0.3) is 6.08 Å². The maximum absolute atomic E-state index is 12.0. The number of benzene rings is 1. The number of likely N-dealkylation sites (tertiary alicyclic amines) is 1. The Morgan fingerprint density at radius 2 is 1.90 bits per heavy atom. The van der Waals surface area contributed by atoms with Gasteiger partial charge in [0.15, 0.2) is 0 Å². The Balaban J connectivity index is 1.48. The van der Waals surface area contributed by atoms with Crippen LogP contribution in [0.1, 0.15) is 5.56 Å². The van der Waals surface area contributed by atoms with E-state index in [9.17, 15) is 4.79 Å². The van der Waals surface area contributed by atoms with Gasteiger partial charge in [0.2, 0.25) is 11.8 Å². The van der Waals surface area contributed by atoms with E-state index < -0.39 is 0 Å². The van der Waals surface area contributed by atoms with Crippen LogP contribution in [-0.2, 0) is 4.79 Å². The fourth-order valence-corrected chi connectivity index (χ4v) is 2.12. The Morgan fingerprint density at radius 3 is 2.62 bits per heavy atom. The average Bonchev–Trinajstić information content (AvgIpc) is 2.50. The van der Waals surface area contributed by atoms with E-state index in [1.54, 1.807) is 17.2 Å². The third-order valence-electron chi connectivity index (χ3n) is 3.30. The normalized spacial score (nSPS) is 15.0. The largest absolute Gasteiger partial charge is 0.471 e. The summed E-state index contributed by atoms with van der Waals surface area (Å²) in [6, 6.07) is 15.3. The number of carbonyl (C=O) groups excluding carboxylic acids is 1. The van der Waals surface area contributed by atoms with E-state index in [1.807, 2.05) is 54.6 Å². The van der Waals surface area contributed by atoms with E-state index in [2.05, 4.69) is 4.98 Å². The van der Waals surface area contributed by atoms with Gasteiger partial charge in [-0.1, -0.05) is 36.4 Å². The molecule has 0 spiro atoms. The maximum Gasteiger partial charge on any atom is 0.246 e. The van der Waals surface area contributed by atoms with Crippen LogP contribution in [-0.4, -0.2) is 35.0 Å². The molecule has 1 amide bonds. The quantitative estimate of drug-likeness (QED) is 0.808. The van der Waals surface area contributed by atoms with Crippen LogP contribution >= 0.6 is 0 Å². The lowest BCUT2D eigenvalue weighted by atomic mass is 10.1. The van der Waals surface area contributed by atoms with Gasteiger partial charge in [0, 0.05) is 18.3 Å². The zero-order chi connectivity index (χ0) is 14.5. The average molecular weight is 280 g/mol. The third kappa shape index (κ3) is 3.48. The third-order valence-corrected chi connectivity index (χ3v) is 3.30. The van der Waals surface area contributed by atoms with Crippen LogP contribution in [0, 0.1) is 0 Å². The molecule has 4 nitrogen and oxygen atoms in total. The molecule has 0 atom stereocenters. The number of pyridine rings is 1. The van der Waals surface area contributed by atoms with Crippen LogP contribution in [0.2, 0.25) is 0 Å². The van der Waals surface area contributed by atoms with Gasteiger partial charge >= 0.3 is 0 Å². The molecule has 1 aromatic carbocycles. The molecule has 1 aliphatic rings. The highest BCUT2D eigenvalue weighted by Crippen LogP contribution is 2.16. The van der Waals surface area contributed by atoms with E-state index in [4.69, 9.17) is 4.74 Å². The van der Waals surface area contributed by atoms with E-state index in [0.29, 0.717) is 19.0 Å². The zero-order valence-corrected chi connectivity index (χ0v) is 11.6. The smallest absolute Gasteiger partial charge is 0.246 e. The molecule has 0 saturated carbocycles. The molecular weight excluding hydrogens is 264 g/mol. The number of aromatic nitrogens is 1. The lowest BCUT2D eigenvalue weighted by Gasteiger charge is -2.38. The second-order valence-corrected chi connectivity index (χ2v) is 4.90. The topological polar surface area (TPSA) is 42.4 Å². The number of carbonyl (C=O) groups is 1. The fourth-order valence-electron chi connectivity index (χ4n) is 2.12. The molecule has 2 heterocycles. The first kappa shape index (κ1) is 13.4. The SMILES string of the molecule is O=C(/C=C/c1ccccc1)N1CC(Oc2ccccn2)C1. The summed E-state index contributed by atoms with van der Waals surface area (Å²) >= 11 is 0. The molecule has 1 aliphatic heterocycles. The van der Waals surface area contributed by atoms with Gasteiger partial charge in [0.1, 0.15) is 6.10 Å². The molecule has 0 aliphatic carbocycles. The lowest BCUT2D eigenvalue weighted by molar-refractivity contribution is -0.134. The second kappa shape index (κ2) is 6.22. The van der Waals surface area contributed by atoms with E-state index in [0.717, 1.165) is 5.56 Å². The minimum Gasteiger partial charge on any atom is -0.471 e. The summed E-state index contributed by atoms with van der Waals surface area (Å²) in [5.41, 5.74) is 1.02. The molecule has 0 unspecified atom stereocenters. The number of hydrogen-bond donors (Lipinski definition) is 0. The molecule has 0 radical (unpaired) electrons. The first-order valence-electron chi connectivity index (χ1n) is 6.91. The van der Waals surface area contributed by atoms with Gasteiger partial charge < -0.3 is 9.64 Å². The minimum atomic E-state index is 0.0136. The highest BCUT2D eigenvalue weighted by atomic mass is 16.5. The summed E-state index contributed by atoms with van der Waals surface area (Å²) in [5, 5.41) is 0. The van der Waals surface area contributed by atoms with Crippen LogP contribution in [0.4, 0.5) is 0 Å².